The molecule has 1 aliphatic rings. The van der Waals surface area contributed by atoms with E-state index in [0.717, 1.165) is 15.2 Å². The first-order chi connectivity index (χ1) is 12.1. The summed E-state index contributed by atoms with van der Waals surface area (Å²) >= 11 is 1.64. The molecule has 2 amide bonds. The van der Waals surface area contributed by atoms with Crippen molar-refractivity contribution < 1.29 is 9.59 Å². The third-order valence-electron chi connectivity index (χ3n) is 4.57. The number of nitrogens with zero attached hydrogens (tertiary/aromatic N) is 3. The molecule has 0 unspecified atom stereocenters. The Morgan fingerprint density at radius 3 is 2.28 bits per heavy atom. The average Bonchev–Trinajstić information content (AvgIpc) is 3.17. The van der Waals surface area contributed by atoms with Gasteiger partial charge in [-0.1, -0.05) is 24.3 Å². The van der Waals surface area contributed by atoms with Crippen LogP contribution in [0.4, 0.5) is 0 Å². The van der Waals surface area contributed by atoms with Gasteiger partial charge in [0, 0.05) is 0 Å². The maximum absolute atomic E-state index is 12.5. The Kier molecular flexibility index (Phi) is 3.86. The van der Waals surface area contributed by atoms with Gasteiger partial charge in [0.15, 0.2) is 0 Å². The summed E-state index contributed by atoms with van der Waals surface area (Å²) in [6.45, 7) is 2.28. The zero-order chi connectivity index (χ0) is 17.6. The molecule has 0 fully saturated rings. The molecule has 0 bridgehead atoms. The fourth-order valence-corrected chi connectivity index (χ4v) is 4.06. The van der Waals surface area contributed by atoms with Crippen LogP contribution in [0.15, 0.2) is 48.5 Å². The lowest BCUT2D eigenvalue weighted by Crippen LogP contribution is -2.40. The van der Waals surface area contributed by atoms with E-state index in [1.54, 1.807) is 35.6 Å². The van der Waals surface area contributed by atoms with E-state index in [0.29, 0.717) is 11.1 Å². The van der Waals surface area contributed by atoms with Crippen molar-refractivity contribution in [1.82, 2.24) is 14.8 Å². The van der Waals surface area contributed by atoms with Crippen LogP contribution in [0.25, 0.3) is 10.2 Å². The maximum atomic E-state index is 12.5. The summed E-state index contributed by atoms with van der Waals surface area (Å²) in [4.78, 5) is 33.0. The van der Waals surface area contributed by atoms with Crippen molar-refractivity contribution in [2.45, 2.75) is 13.0 Å². The number of para-hydroxylation sites is 1. The lowest BCUT2D eigenvalue weighted by atomic mass is 10.1. The lowest BCUT2D eigenvalue weighted by molar-refractivity contribution is 0.0531. The Labute approximate surface area is 149 Å². The van der Waals surface area contributed by atoms with Crippen molar-refractivity contribution in [3.8, 4) is 0 Å². The van der Waals surface area contributed by atoms with Gasteiger partial charge in [-0.25, -0.2) is 4.98 Å². The second kappa shape index (κ2) is 6.06. The molecule has 3 aromatic rings. The normalized spacial score (nSPS) is 15.2. The molecule has 2 heterocycles. The average molecular weight is 351 g/mol. The number of carbonyl (C=O) groups is 2. The van der Waals surface area contributed by atoms with Crippen LogP contribution in [0.2, 0.25) is 0 Å². The molecule has 126 valence electrons. The number of thiazole rings is 1. The number of benzene rings is 2. The molecule has 6 heteroatoms. The van der Waals surface area contributed by atoms with Gasteiger partial charge in [0.05, 0.1) is 34.1 Å². The Morgan fingerprint density at radius 2 is 1.64 bits per heavy atom. The molecular formula is C19H17N3O2S. The van der Waals surface area contributed by atoms with E-state index in [9.17, 15) is 9.59 Å². The van der Waals surface area contributed by atoms with Gasteiger partial charge in [0.25, 0.3) is 11.8 Å². The van der Waals surface area contributed by atoms with Crippen molar-refractivity contribution >= 4 is 33.4 Å². The van der Waals surface area contributed by atoms with E-state index in [1.165, 1.54) is 4.90 Å². The quantitative estimate of drug-likeness (QED) is 0.675. The van der Waals surface area contributed by atoms with Gasteiger partial charge >= 0.3 is 0 Å². The van der Waals surface area contributed by atoms with Crippen LogP contribution >= 0.6 is 11.3 Å². The molecule has 0 aliphatic carbocycles. The van der Waals surface area contributed by atoms with Crippen LogP contribution in [0.5, 0.6) is 0 Å². The SMILES string of the molecule is C[C@H](c1nc2ccccc2s1)N(C)CN1C(=O)c2ccccc2C1=O. The first-order valence-corrected chi connectivity index (χ1v) is 8.89. The minimum Gasteiger partial charge on any atom is -0.279 e. The predicted molar refractivity (Wildman–Crippen MR) is 97.6 cm³/mol. The van der Waals surface area contributed by atoms with Crippen molar-refractivity contribution in [3.63, 3.8) is 0 Å². The fourth-order valence-electron chi connectivity index (χ4n) is 2.97. The van der Waals surface area contributed by atoms with Crippen molar-refractivity contribution in [2.75, 3.05) is 13.7 Å². The van der Waals surface area contributed by atoms with Crippen molar-refractivity contribution in [2.24, 2.45) is 0 Å². The largest absolute Gasteiger partial charge is 0.279 e. The van der Waals surface area contributed by atoms with Crippen LogP contribution in [0.1, 0.15) is 38.7 Å². The molecule has 0 spiro atoms. The van der Waals surface area contributed by atoms with Gasteiger partial charge in [-0.15, -0.1) is 11.3 Å². The molecule has 0 radical (unpaired) electrons. The van der Waals surface area contributed by atoms with Gasteiger partial charge in [0.2, 0.25) is 0 Å². The predicted octanol–water partition coefficient (Wildman–Crippen LogP) is 3.54. The number of hydrogen-bond acceptors (Lipinski definition) is 5. The summed E-state index contributed by atoms with van der Waals surface area (Å²) in [6, 6.07) is 15.0. The monoisotopic (exact) mass is 351 g/mol. The lowest BCUT2D eigenvalue weighted by Gasteiger charge is -2.27. The van der Waals surface area contributed by atoms with Crippen molar-refractivity contribution in [3.05, 3.63) is 64.7 Å². The van der Waals surface area contributed by atoms with Gasteiger partial charge < -0.3 is 0 Å². The third kappa shape index (κ3) is 2.63. The highest BCUT2D eigenvalue weighted by Gasteiger charge is 2.36. The Balaban J connectivity index is 1.55. The summed E-state index contributed by atoms with van der Waals surface area (Å²) in [6.07, 6.45) is 0. The molecule has 1 atom stereocenters. The summed E-state index contributed by atoms with van der Waals surface area (Å²) in [5.74, 6) is -0.465. The fraction of sp³-hybridized carbons (Fsp3) is 0.211. The van der Waals surface area contributed by atoms with E-state index < -0.39 is 0 Å². The zero-order valence-corrected chi connectivity index (χ0v) is 14.8. The Morgan fingerprint density at radius 1 is 1.04 bits per heavy atom. The van der Waals surface area contributed by atoms with Crippen LogP contribution in [0.3, 0.4) is 0 Å². The molecule has 1 aliphatic heterocycles. The number of hydrogen-bond donors (Lipinski definition) is 0. The molecular weight excluding hydrogens is 334 g/mol. The molecule has 2 aromatic carbocycles. The number of imide groups is 1. The van der Waals surface area contributed by atoms with Gasteiger partial charge in [-0.2, -0.15) is 0 Å². The molecule has 25 heavy (non-hydrogen) atoms. The third-order valence-corrected chi connectivity index (χ3v) is 5.78. The van der Waals surface area contributed by atoms with Crippen LogP contribution in [0, 0.1) is 0 Å². The van der Waals surface area contributed by atoms with Crippen LogP contribution in [-0.2, 0) is 0 Å². The highest BCUT2D eigenvalue weighted by atomic mass is 32.1. The topological polar surface area (TPSA) is 53.5 Å². The number of rotatable bonds is 4. The maximum Gasteiger partial charge on any atom is 0.262 e. The summed E-state index contributed by atoms with van der Waals surface area (Å²) in [5.41, 5.74) is 1.94. The molecule has 0 N–H and O–H groups in total. The summed E-state index contributed by atoms with van der Waals surface area (Å²) < 4.78 is 1.14. The molecule has 5 nitrogen and oxygen atoms in total. The number of amides is 2. The number of aromatic nitrogens is 1. The highest BCUT2D eigenvalue weighted by molar-refractivity contribution is 7.18. The second-order valence-electron chi connectivity index (χ2n) is 6.18. The zero-order valence-electron chi connectivity index (χ0n) is 14.0. The van der Waals surface area contributed by atoms with E-state index in [-0.39, 0.29) is 24.5 Å². The minimum absolute atomic E-state index is 0.00159. The molecule has 4 rings (SSSR count). The molecule has 1 aromatic heterocycles. The second-order valence-corrected chi connectivity index (χ2v) is 7.24. The Bertz CT molecular complexity index is 913. The standard InChI is InChI=1S/C19H17N3O2S/c1-12(17-20-15-9-5-6-10-16(15)25-17)21(2)11-22-18(23)13-7-3-4-8-14(13)19(22)24/h3-10,12H,11H2,1-2H3/t12-/m1/s1. The smallest absolute Gasteiger partial charge is 0.262 e. The highest BCUT2D eigenvalue weighted by Crippen LogP contribution is 2.30. The number of carbonyl (C=O) groups excluding carboxylic acids is 2. The molecule has 0 saturated carbocycles. The van der Waals surface area contributed by atoms with E-state index >= 15 is 0 Å². The first-order valence-electron chi connectivity index (χ1n) is 8.07. The molecule has 0 saturated heterocycles. The van der Waals surface area contributed by atoms with E-state index in [1.807, 2.05) is 43.1 Å². The van der Waals surface area contributed by atoms with Gasteiger partial charge in [-0.3, -0.25) is 19.4 Å². The number of fused-ring (bicyclic) bond motifs is 2. The summed E-state index contributed by atoms with van der Waals surface area (Å²) in [7, 11) is 1.90. The van der Waals surface area contributed by atoms with Crippen molar-refractivity contribution in [1.29, 1.82) is 0 Å². The van der Waals surface area contributed by atoms with E-state index in [4.69, 9.17) is 0 Å². The first kappa shape index (κ1) is 15.9. The van der Waals surface area contributed by atoms with Gasteiger partial charge in [-0.05, 0) is 38.2 Å². The van der Waals surface area contributed by atoms with E-state index in [2.05, 4.69) is 4.98 Å². The van der Waals surface area contributed by atoms with Gasteiger partial charge in [0.1, 0.15) is 5.01 Å². The Hall–Kier alpha value is -2.57. The van der Waals surface area contributed by atoms with Crippen LogP contribution in [-0.4, -0.2) is 40.3 Å². The minimum atomic E-state index is -0.232. The van der Waals surface area contributed by atoms with Crippen LogP contribution < -0.4 is 0 Å². The summed E-state index contributed by atoms with van der Waals surface area (Å²) in [5, 5.41) is 0.973.